The van der Waals surface area contributed by atoms with Gasteiger partial charge in [0.15, 0.2) is 0 Å². The van der Waals surface area contributed by atoms with E-state index in [1.54, 1.807) is 19.2 Å². The van der Waals surface area contributed by atoms with E-state index < -0.39 is 10.0 Å². The number of methoxy groups -OCH3 is 1. The van der Waals surface area contributed by atoms with E-state index in [0.29, 0.717) is 32.1 Å². The molecule has 0 aliphatic carbocycles. The molecule has 0 bridgehead atoms. The molecule has 1 fully saturated rings. The fourth-order valence-electron chi connectivity index (χ4n) is 3.12. The van der Waals surface area contributed by atoms with E-state index in [9.17, 15) is 13.2 Å². The number of para-hydroxylation sites is 1. The van der Waals surface area contributed by atoms with Crippen molar-refractivity contribution in [3.8, 4) is 5.75 Å². The molecule has 3 rings (SSSR count). The van der Waals surface area contributed by atoms with E-state index >= 15 is 0 Å². The highest BCUT2D eigenvalue weighted by atomic mass is 32.2. The summed E-state index contributed by atoms with van der Waals surface area (Å²) in [6.07, 6.45) is 0. The lowest BCUT2D eigenvalue weighted by molar-refractivity contribution is 0.0730. The number of nitrogens with zero attached hydrogens (tertiary/aromatic N) is 1. The molecule has 1 aliphatic rings. The molecule has 1 atom stereocenters. The van der Waals surface area contributed by atoms with Gasteiger partial charge in [0.2, 0.25) is 10.0 Å². The van der Waals surface area contributed by atoms with Gasteiger partial charge in [0.1, 0.15) is 5.75 Å². The van der Waals surface area contributed by atoms with Crippen molar-refractivity contribution < 1.29 is 22.7 Å². The minimum absolute atomic E-state index is 0.104. The molecule has 28 heavy (non-hydrogen) atoms. The maximum absolute atomic E-state index is 12.8. The Morgan fingerprint density at radius 1 is 1.14 bits per heavy atom. The Labute approximate surface area is 165 Å². The van der Waals surface area contributed by atoms with Crippen molar-refractivity contribution >= 4 is 15.9 Å². The van der Waals surface area contributed by atoms with Crippen molar-refractivity contribution in [1.29, 1.82) is 0 Å². The maximum atomic E-state index is 12.8. The number of sulfonamides is 1. The Balaban J connectivity index is 1.78. The lowest BCUT2D eigenvalue weighted by Gasteiger charge is -2.26. The van der Waals surface area contributed by atoms with Gasteiger partial charge in [-0.1, -0.05) is 24.3 Å². The second-order valence-electron chi connectivity index (χ2n) is 6.48. The lowest BCUT2D eigenvalue weighted by Crippen LogP contribution is -2.40. The van der Waals surface area contributed by atoms with E-state index in [1.165, 1.54) is 16.4 Å². The summed E-state index contributed by atoms with van der Waals surface area (Å²) in [5.74, 6) is 0.330. The predicted octanol–water partition coefficient (Wildman–Crippen LogP) is 2.21. The highest BCUT2D eigenvalue weighted by Crippen LogP contribution is 2.25. The Bertz CT molecular complexity index is 939. The molecule has 2 aromatic rings. The highest BCUT2D eigenvalue weighted by Gasteiger charge is 2.27. The molecular formula is C20H24N2O5S. The molecule has 1 saturated heterocycles. The van der Waals surface area contributed by atoms with Crippen LogP contribution in [0.1, 0.15) is 28.9 Å². The van der Waals surface area contributed by atoms with E-state index in [4.69, 9.17) is 9.47 Å². The Morgan fingerprint density at radius 3 is 2.57 bits per heavy atom. The number of hydrogen-bond donors (Lipinski definition) is 1. The van der Waals surface area contributed by atoms with Crippen LogP contribution >= 0.6 is 0 Å². The average molecular weight is 404 g/mol. The van der Waals surface area contributed by atoms with Crippen molar-refractivity contribution in [2.75, 3.05) is 33.4 Å². The molecule has 7 nitrogen and oxygen atoms in total. The van der Waals surface area contributed by atoms with Gasteiger partial charge in [0, 0.05) is 24.2 Å². The number of morpholine rings is 1. The number of benzene rings is 2. The third-order valence-electron chi connectivity index (χ3n) is 4.66. The number of carbonyl (C=O) groups is 1. The first kappa shape index (κ1) is 20.3. The highest BCUT2D eigenvalue weighted by molar-refractivity contribution is 7.89. The fraction of sp³-hybridized carbons (Fsp3) is 0.350. The molecule has 2 aromatic carbocycles. The van der Waals surface area contributed by atoms with Crippen LogP contribution in [0.15, 0.2) is 53.4 Å². The minimum atomic E-state index is -3.66. The first-order valence-electron chi connectivity index (χ1n) is 9.05. The number of carbonyl (C=O) groups excluding carboxylic acids is 1. The van der Waals surface area contributed by atoms with Gasteiger partial charge in [-0.05, 0) is 31.2 Å². The van der Waals surface area contributed by atoms with Gasteiger partial charge in [-0.15, -0.1) is 0 Å². The van der Waals surface area contributed by atoms with Gasteiger partial charge in [-0.25, -0.2) is 8.42 Å². The minimum Gasteiger partial charge on any atom is -0.496 e. The van der Waals surface area contributed by atoms with Crippen molar-refractivity contribution in [2.24, 2.45) is 0 Å². The Kier molecular flexibility index (Phi) is 6.33. The van der Waals surface area contributed by atoms with Gasteiger partial charge in [-0.2, -0.15) is 4.31 Å². The van der Waals surface area contributed by atoms with Crippen LogP contribution in [0.4, 0.5) is 0 Å². The number of amides is 1. The van der Waals surface area contributed by atoms with Crippen LogP contribution in [0.25, 0.3) is 0 Å². The zero-order chi connectivity index (χ0) is 20.1. The second-order valence-corrected chi connectivity index (χ2v) is 8.42. The standard InChI is InChI=1S/C20H24N2O5S/c1-15(18-8-3-4-9-19(18)26-2)21-20(23)16-6-5-7-17(14-16)28(24,25)22-10-12-27-13-11-22/h3-9,14-15H,10-13H2,1-2H3,(H,21,23). The van der Waals surface area contributed by atoms with Crippen LogP contribution in [-0.2, 0) is 14.8 Å². The summed E-state index contributed by atoms with van der Waals surface area (Å²) in [4.78, 5) is 12.8. The van der Waals surface area contributed by atoms with Crippen molar-refractivity contribution in [3.63, 3.8) is 0 Å². The molecule has 150 valence electrons. The first-order chi connectivity index (χ1) is 13.4. The maximum Gasteiger partial charge on any atom is 0.251 e. The number of nitrogens with one attached hydrogen (secondary N) is 1. The third-order valence-corrected chi connectivity index (χ3v) is 6.55. The largest absolute Gasteiger partial charge is 0.496 e. The van der Waals surface area contributed by atoms with Crippen molar-refractivity contribution in [3.05, 3.63) is 59.7 Å². The molecule has 0 saturated carbocycles. The molecule has 0 aromatic heterocycles. The smallest absolute Gasteiger partial charge is 0.251 e. The van der Waals surface area contributed by atoms with Crippen LogP contribution in [0.3, 0.4) is 0 Å². The topological polar surface area (TPSA) is 84.9 Å². The summed E-state index contributed by atoms with van der Waals surface area (Å²) in [6, 6.07) is 13.2. The van der Waals surface area contributed by atoms with Gasteiger partial charge in [-0.3, -0.25) is 4.79 Å². The molecule has 8 heteroatoms. The summed E-state index contributed by atoms with van der Waals surface area (Å²) >= 11 is 0. The predicted molar refractivity (Wildman–Crippen MR) is 105 cm³/mol. The average Bonchev–Trinajstić information content (AvgIpc) is 2.74. The number of rotatable bonds is 6. The normalized spacial score (nSPS) is 16.4. The summed E-state index contributed by atoms with van der Waals surface area (Å²) < 4.78 is 37.6. The quantitative estimate of drug-likeness (QED) is 0.798. The summed E-state index contributed by atoms with van der Waals surface area (Å²) in [5.41, 5.74) is 1.13. The van der Waals surface area contributed by atoms with Gasteiger partial charge in [0.25, 0.3) is 5.91 Å². The number of ether oxygens (including phenoxy) is 2. The SMILES string of the molecule is COc1ccccc1C(C)NC(=O)c1cccc(S(=O)(=O)N2CCOCC2)c1. The van der Waals surface area contributed by atoms with E-state index in [0.717, 1.165) is 5.56 Å². The van der Waals surface area contributed by atoms with Gasteiger partial charge in [0.05, 0.1) is 31.3 Å². The van der Waals surface area contributed by atoms with Crippen LogP contribution in [0, 0.1) is 0 Å². The molecule has 1 unspecified atom stereocenters. The van der Waals surface area contributed by atoms with Crippen LogP contribution in [0.2, 0.25) is 0 Å². The lowest BCUT2D eigenvalue weighted by atomic mass is 10.1. The van der Waals surface area contributed by atoms with Crippen LogP contribution < -0.4 is 10.1 Å². The summed E-state index contributed by atoms with van der Waals surface area (Å²) in [5, 5.41) is 2.90. The molecule has 0 radical (unpaired) electrons. The monoisotopic (exact) mass is 404 g/mol. The number of hydrogen-bond acceptors (Lipinski definition) is 5. The fourth-order valence-corrected chi connectivity index (χ4v) is 4.57. The second kappa shape index (κ2) is 8.72. The molecule has 1 amide bonds. The Morgan fingerprint density at radius 2 is 1.86 bits per heavy atom. The summed E-state index contributed by atoms with van der Waals surface area (Å²) in [7, 11) is -2.08. The van der Waals surface area contributed by atoms with E-state index in [-0.39, 0.29) is 22.4 Å². The van der Waals surface area contributed by atoms with E-state index in [2.05, 4.69) is 5.32 Å². The molecule has 1 N–H and O–H groups in total. The third kappa shape index (κ3) is 4.35. The zero-order valence-corrected chi connectivity index (χ0v) is 16.7. The molecule has 0 spiro atoms. The van der Waals surface area contributed by atoms with Crippen LogP contribution in [-0.4, -0.2) is 52.0 Å². The van der Waals surface area contributed by atoms with Gasteiger partial charge < -0.3 is 14.8 Å². The molecular weight excluding hydrogens is 380 g/mol. The summed E-state index contributed by atoms with van der Waals surface area (Å²) in [6.45, 7) is 3.21. The zero-order valence-electron chi connectivity index (χ0n) is 15.9. The van der Waals surface area contributed by atoms with Gasteiger partial charge >= 0.3 is 0 Å². The van der Waals surface area contributed by atoms with Crippen molar-refractivity contribution in [1.82, 2.24) is 9.62 Å². The van der Waals surface area contributed by atoms with Crippen molar-refractivity contribution in [2.45, 2.75) is 17.9 Å². The molecule has 1 aliphatic heterocycles. The first-order valence-corrected chi connectivity index (χ1v) is 10.5. The molecule has 1 heterocycles. The van der Waals surface area contributed by atoms with Crippen LogP contribution in [0.5, 0.6) is 5.75 Å². The Hall–Kier alpha value is -2.42. The van der Waals surface area contributed by atoms with E-state index in [1.807, 2.05) is 31.2 Å².